The summed E-state index contributed by atoms with van der Waals surface area (Å²) in [4.78, 5) is 8.92. The predicted molar refractivity (Wildman–Crippen MR) is 71.5 cm³/mol. The number of thioether (sulfide) groups is 1. The van der Waals surface area contributed by atoms with Gasteiger partial charge in [-0.2, -0.15) is 0 Å². The molecule has 0 saturated carbocycles. The number of aromatic nitrogens is 2. The van der Waals surface area contributed by atoms with E-state index >= 15 is 0 Å². The van der Waals surface area contributed by atoms with E-state index in [1.807, 2.05) is 11.8 Å². The van der Waals surface area contributed by atoms with Gasteiger partial charge >= 0.3 is 0 Å². The zero-order valence-corrected chi connectivity index (χ0v) is 12.0. The fourth-order valence-corrected chi connectivity index (χ4v) is 2.54. The second-order valence-electron chi connectivity index (χ2n) is 5.06. The van der Waals surface area contributed by atoms with Crippen LogP contribution in [0.4, 0.5) is 0 Å². The Balaban J connectivity index is 2.16. The van der Waals surface area contributed by atoms with Crippen molar-refractivity contribution in [3.63, 3.8) is 0 Å². The minimum absolute atomic E-state index is 0.217. The van der Waals surface area contributed by atoms with Gasteiger partial charge in [0.05, 0.1) is 24.7 Å². The highest BCUT2D eigenvalue weighted by atomic mass is 35.5. The minimum atomic E-state index is 0.217. The molecule has 0 radical (unpaired) electrons. The zero-order chi connectivity index (χ0) is 12.5. The van der Waals surface area contributed by atoms with Gasteiger partial charge in [-0.25, -0.2) is 9.97 Å². The van der Waals surface area contributed by atoms with Crippen LogP contribution in [0, 0.1) is 0 Å². The van der Waals surface area contributed by atoms with Crippen molar-refractivity contribution in [1.29, 1.82) is 0 Å². The molecule has 3 nitrogen and oxygen atoms in total. The number of hydrogen-bond donors (Lipinski definition) is 0. The number of halogens is 1. The monoisotopic (exact) mass is 272 g/mol. The van der Waals surface area contributed by atoms with Gasteiger partial charge in [0.15, 0.2) is 0 Å². The molecule has 1 aromatic rings. The Bertz CT molecular complexity index is 418. The van der Waals surface area contributed by atoms with Gasteiger partial charge in [-0.05, 0) is 0 Å². The second kappa shape index (κ2) is 5.12. The second-order valence-corrected chi connectivity index (χ2v) is 7.22. The van der Waals surface area contributed by atoms with Gasteiger partial charge in [0.25, 0.3) is 0 Å². The van der Waals surface area contributed by atoms with E-state index < -0.39 is 0 Å². The van der Waals surface area contributed by atoms with Crippen LogP contribution in [-0.4, -0.2) is 21.3 Å². The van der Waals surface area contributed by atoms with E-state index in [-0.39, 0.29) is 4.75 Å². The van der Waals surface area contributed by atoms with Crippen molar-refractivity contribution >= 4 is 23.4 Å². The predicted octanol–water partition coefficient (Wildman–Crippen LogP) is 3.23. The van der Waals surface area contributed by atoms with E-state index in [4.69, 9.17) is 16.3 Å². The number of nitrogens with zero attached hydrogens (tertiary/aromatic N) is 2. The summed E-state index contributed by atoms with van der Waals surface area (Å²) in [6.07, 6.45) is 0.838. The molecule has 1 aliphatic rings. The quantitative estimate of drug-likeness (QED) is 0.775. The van der Waals surface area contributed by atoms with Crippen molar-refractivity contribution in [3.05, 3.63) is 22.2 Å². The van der Waals surface area contributed by atoms with Gasteiger partial charge in [-0.1, -0.05) is 32.4 Å². The molecule has 1 aromatic heterocycles. The molecule has 0 atom stereocenters. The lowest BCUT2D eigenvalue weighted by atomic mass is 10.1. The summed E-state index contributed by atoms with van der Waals surface area (Å²) in [5.41, 5.74) is 2.02. The van der Waals surface area contributed by atoms with E-state index in [0.717, 1.165) is 35.9 Å². The molecule has 0 spiro atoms. The van der Waals surface area contributed by atoms with Crippen LogP contribution in [0.1, 0.15) is 37.9 Å². The fourth-order valence-electron chi connectivity index (χ4n) is 1.59. The lowest BCUT2D eigenvalue weighted by Crippen LogP contribution is -2.15. The molecule has 0 fully saturated rings. The first-order chi connectivity index (χ1) is 7.96. The fraction of sp³-hybridized carbons (Fsp3) is 0.667. The van der Waals surface area contributed by atoms with E-state index in [9.17, 15) is 0 Å². The number of ether oxygens (including phenoxy) is 1. The average Bonchev–Trinajstić information content (AvgIpc) is 2.26. The maximum absolute atomic E-state index is 6.16. The highest BCUT2D eigenvalue weighted by Gasteiger charge is 2.18. The third-order valence-corrected chi connectivity index (χ3v) is 4.03. The molecule has 5 heteroatoms. The first-order valence-electron chi connectivity index (χ1n) is 5.71. The van der Waals surface area contributed by atoms with Gasteiger partial charge in [-0.15, -0.1) is 11.8 Å². The smallest absolute Gasteiger partial charge is 0.140 e. The van der Waals surface area contributed by atoms with Crippen LogP contribution in [0.25, 0.3) is 0 Å². The molecule has 0 aromatic carbocycles. The third-order valence-electron chi connectivity index (χ3n) is 2.45. The Labute approximate surface area is 111 Å². The molecule has 0 amide bonds. The summed E-state index contributed by atoms with van der Waals surface area (Å²) in [5.74, 6) is 1.63. The molecular formula is C12H17ClN2OS. The topological polar surface area (TPSA) is 35.0 Å². The number of fused-ring (bicyclic) bond motifs is 1. The van der Waals surface area contributed by atoms with Gasteiger partial charge in [0, 0.05) is 16.7 Å². The first kappa shape index (κ1) is 13.1. The Morgan fingerprint density at radius 2 is 2.12 bits per heavy atom. The van der Waals surface area contributed by atoms with Gasteiger partial charge in [0.1, 0.15) is 11.0 Å². The average molecular weight is 273 g/mol. The molecule has 1 aliphatic heterocycles. The summed E-state index contributed by atoms with van der Waals surface area (Å²) in [6, 6.07) is 0. The number of rotatable bonds is 2. The van der Waals surface area contributed by atoms with Crippen molar-refractivity contribution in [1.82, 2.24) is 9.97 Å². The standard InChI is InChI=1S/C12H17ClN2OS/c1-12(2,3)17-7-10-14-9-4-5-16-6-8(9)11(13)15-10/h4-7H2,1-3H3. The molecular weight excluding hydrogens is 256 g/mol. The first-order valence-corrected chi connectivity index (χ1v) is 7.08. The Morgan fingerprint density at radius 1 is 1.35 bits per heavy atom. The van der Waals surface area contributed by atoms with E-state index in [2.05, 4.69) is 30.7 Å². The molecule has 2 rings (SSSR count). The molecule has 2 heterocycles. The highest BCUT2D eigenvalue weighted by Crippen LogP contribution is 2.28. The van der Waals surface area contributed by atoms with Crippen LogP contribution >= 0.6 is 23.4 Å². The SMILES string of the molecule is CC(C)(C)SCc1nc(Cl)c2c(n1)CCOC2. The minimum Gasteiger partial charge on any atom is -0.376 e. The molecule has 0 N–H and O–H groups in total. The zero-order valence-electron chi connectivity index (χ0n) is 10.4. The number of hydrogen-bond acceptors (Lipinski definition) is 4. The van der Waals surface area contributed by atoms with Crippen LogP contribution in [0.5, 0.6) is 0 Å². The van der Waals surface area contributed by atoms with Crippen LogP contribution < -0.4 is 0 Å². The van der Waals surface area contributed by atoms with Crippen molar-refractivity contribution in [2.45, 2.75) is 44.3 Å². The van der Waals surface area contributed by atoms with Crippen LogP contribution in [-0.2, 0) is 23.5 Å². The van der Waals surface area contributed by atoms with E-state index in [0.29, 0.717) is 11.8 Å². The molecule has 0 unspecified atom stereocenters. The van der Waals surface area contributed by atoms with Crippen LogP contribution in [0.15, 0.2) is 0 Å². The van der Waals surface area contributed by atoms with Gasteiger partial charge in [0.2, 0.25) is 0 Å². The summed E-state index contributed by atoms with van der Waals surface area (Å²) in [7, 11) is 0. The van der Waals surface area contributed by atoms with Crippen LogP contribution in [0.2, 0.25) is 5.15 Å². The van der Waals surface area contributed by atoms with Crippen molar-refractivity contribution in [3.8, 4) is 0 Å². The normalized spacial score (nSPS) is 15.8. The van der Waals surface area contributed by atoms with Gasteiger partial charge in [-0.3, -0.25) is 0 Å². The Hall–Kier alpha value is -0.320. The molecule has 0 saturated heterocycles. The van der Waals surface area contributed by atoms with Crippen molar-refractivity contribution in [2.75, 3.05) is 6.61 Å². The van der Waals surface area contributed by atoms with E-state index in [1.165, 1.54) is 0 Å². The molecule has 94 valence electrons. The maximum Gasteiger partial charge on any atom is 0.140 e. The van der Waals surface area contributed by atoms with Crippen molar-refractivity contribution < 1.29 is 4.74 Å². The third kappa shape index (κ3) is 3.57. The summed E-state index contributed by atoms with van der Waals surface area (Å²) < 4.78 is 5.58. The van der Waals surface area contributed by atoms with Gasteiger partial charge < -0.3 is 4.74 Å². The summed E-state index contributed by atoms with van der Waals surface area (Å²) in [5, 5.41) is 0.555. The largest absolute Gasteiger partial charge is 0.376 e. The molecule has 0 aliphatic carbocycles. The molecule has 17 heavy (non-hydrogen) atoms. The Morgan fingerprint density at radius 3 is 2.82 bits per heavy atom. The Kier molecular flexibility index (Phi) is 3.95. The lowest BCUT2D eigenvalue weighted by Gasteiger charge is -2.19. The highest BCUT2D eigenvalue weighted by molar-refractivity contribution is 7.99. The maximum atomic E-state index is 6.16. The summed E-state index contributed by atoms with van der Waals surface area (Å²) >= 11 is 7.99. The van der Waals surface area contributed by atoms with Crippen molar-refractivity contribution in [2.24, 2.45) is 0 Å². The van der Waals surface area contributed by atoms with Crippen LogP contribution in [0.3, 0.4) is 0 Å². The lowest BCUT2D eigenvalue weighted by molar-refractivity contribution is 0.109. The molecule has 0 bridgehead atoms. The van der Waals surface area contributed by atoms with E-state index in [1.54, 1.807) is 0 Å². The summed E-state index contributed by atoms with van der Waals surface area (Å²) in [6.45, 7) is 7.83.